The summed E-state index contributed by atoms with van der Waals surface area (Å²) in [6.07, 6.45) is 0.865. The molecule has 0 amide bonds. The number of rotatable bonds is 3. The molecule has 1 aliphatic rings. The van der Waals surface area contributed by atoms with Crippen LogP contribution < -0.4 is 10.1 Å². The molecule has 0 aromatic heterocycles. The van der Waals surface area contributed by atoms with Crippen molar-refractivity contribution in [3.8, 4) is 5.75 Å². The molecule has 1 aromatic carbocycles. The summed E-state index contributed by atoms with van der Waals surface area (Å²) in [4.78, 5) is 2.32. The van der Waals surface area contributed by atoms with Gasteiger partial charge in [0, 0.05) is 25.7 Å². The van der Waals surface area contributed by atoms with Crippen LogP contribution >= 0.6 is 0 Å². The average molecular weight is 238 g/mol. The predicted octanol–water partition coefficient (Wildman–Crippen LogP) is 1.28. The second-order valence-corrected chi connectivity index (χ2v) is 4.51. The molecule has 1 saturated heterocycles. The van der Waals surface area contributed by atoms with Crippen LogP contribution in [0.5, 0.6) is 5.75 Å². The lowest BCUT2D eigenvalue weighted by molar-refractivity contribution is 0.199. The molecule has 0 radical (unpaired) electrons. The summed E-state index contributed by atoms with van der Waals surface area (Å²) in [5.74, 6) is 0.0281. The first-order chi connectivity index (χ1) is 8.20. The number of benzene rings is 1. The Morgan fingerprint density at radius 1 is 1.53 bits per heavy atom. The van der Waals surface area contributed by atoms with Gasteiger partial charge in [-0.2, -0.15) is 0 Å². The van der Waals surface area contributed by atoms with E-state index in [0.29, 0.717) is 11.8 Å². The molecule has 1 aromatic rings. The molecule has 0 bridgehead atoms. The molecule has 1 heterocycles. The van der Waals surface area contributed by atoms with Crippen molar-refractivity contribution in [1.29, 1.82) is 0 Å². The Balaban J connectivity index is 2.05. The zero-order chi connectivity index (χ0) is 12.3. The van der Waals surface area contributed by atoms with Gasteiger partial charge in [-0.15, -0.1) is 0 Å². The first kappa shape index (κ1) is 12.3. The second kappa shape index (κ2) is 5.47. The van der Waals surface area contributed by atoms with E-state index in [1.165, 1.54) is 7.11 Å². The number of hydrogen-bond donors (Lipinski definition) is 1. The molecule has 0 spiro atoms. The number of hydrogen-bond acceptors (Lipinski definition) is 3. The van der Waals surface area contributed by atoms with E-state index in [9.17, 15) is 4.39 Å². The van der Waals surface area contributed by atoms with Gasteiger partial charge in [-0.05, 0) is 31.2 Å². The Bertz CT molecular complexity index is 384. The third kappa shape index (κ3) is 2.96. The van der Waals surface area contributed by atoms with Gasteiger partial charge in [0.2, 0.25) is 0 Å². The van der Waals surface area contributed by atoms with E-state index in [1.807, 2.05) is 6.07 Å². The SMILES string of the molecule is COc1ccc(CC2CNCCN2C)cc1F. The summed E-state index contributed by atoms with van der Waals surface area (Å²) < 4.78 is 18.5. The van der Waals surface area contributed by atoms with Crippen molar-refractivity contribution in [2.45, 2.75) is 12.5 Å². The maximum Gasteiger partial charge on any atom is 0.165 e. The molecule has 1 N–H and O–H groups in total. The van der Waals surface area contributed by atoms with Crippen LogP contribution in [0.3, 0.4) is 0 Å². The summed E-state index contributed by atoms with van der Waals surface area (Å²) >= 11 is 0. The third-order valence-electron chi connectivity index (χ3n) is 3.33. The molecule has 1 atom stereocenters. The third-order valence-corrected chi connectivity index (χ3v) is 3.33. The van der Waals surface area contributed by atoms with Crippen molar-refractivity contribution in [3.05, 3.63) is 29.6 Å². The summed E-state index contributed by atoms with van der Waals surface area (Å²) in [5.41, 5.74) is 1.02. The molecule has 0 saturated carbocycles. The number of ether oxygens (including phenoxy) is 1. The Morgan fingerprint density at radius 3 is 3.00 bits per heavy atom. The van der Waals surface area contributed by atoms with Gasteiger partial charge >= 0.3 is 0 Å². The molecule has 4 heteroatoms. The van der Waals surface area contributed by atoms with Gasteiger partial charge in [0.1, 0.15) is 0 Å². The molecule has 94 valence electrons. The van der Waals surface area contributed by atoms with E-state index in [4.69, 9.17) is 4.74 Å². The van der Waals surface area contributed by atoms with Gasteiger partial charge in [0.25, 0.3) is 0 Å². The van der Waals surface area contributed by atoms with Crippen molar-refractivity contribution in [2.24, 2.45) is 0 Å². The fourth-order valence-electron chi connectivity index (χ4n) is 2.20. The van der Waals surface area contributed by atoms with Crippen molar-refractivity contribution in [2.75, 3.05) is 33.8 Å². The summed E-state index contributed by atoms with van der Waals surface area (Å²) in [6.45, 7) is 3.04. The number of methoxy groups -OCH3 is 1. The molecule has 0 aliphatic carbocycles. The summed E-state index contributed by atoms with van der Waals surface area (Å²) in [5, 5.41) is 3.36. The second-order valence-electron chi connectivity index (χ2n) is 4.51. The number of piperazine rings is 1. The van der Waals surface area contributed by atoms with Crippen LogP contribution in [0.1, 0.15) is 5.56 Å². The molecule has 1 unspecified atom stereocenters. The smallest absolute Gasteiger partial charge is 0.165 e. The maximum absolute atomic E-state index is 13.5. The monoisotopic (exact) mass is 238 g/mol. The van der Waals surface area contributed by atoms with Crippen LogP contribution in [-0.4, -0.2) is 44.7 Å². The van der Waals surface area contributed by atoms with E-state index in [-0.39, 0.29) is 5.82 Å². The van der Waals surface area contributed by atoms with Gasteiger partial charge in [-0.1, -0.05) is 6.07 Å². The zero-order valence-corrected chi connectivity index (χ0v) is 10.4. The fourth-order valence-corrected chi connectivity index (χ4v) is 2.20. The summed E-state index contributed by atoms with van der Waals surface area (Å²) in [6, 6.07) is 5.64. The predicted molar refractivity (Wildman–Crippen MR) is 65.9 cm³/mol. The fraction of sp³-hybridized carbons (Fsp3) is 0.538. The Hall–Kier alpha value is -1.13. The maximum atomic E-state index is 13.5. The molecule has 2 rings (SSSR count). The van der Waals surface area contributed by atoms with Crippen molar-refractivity contribution < 1.29 is 9.13 Å². The van der Waals surface area contributed by atoms with E-state index >= 15 is 0 Å². The van der Waals surface area contributed by atoms with Crippen molar-refractivity contribution >= 4 is 0 Å². The lowest BCUT2D eigenvalue weighted by Gasteiger charge is -2.33. The lowest BCUT2D eigenvalue weighted by Crippen LogP contribution is -2.50. The molecule has 3 nitrogen and oxygen atoms in total. The number of nitrogens with one attached hydrogen (secondary N) is 1. The van der Waals surface area contributed by atoms with Crippen molar-refractivity contribution in [3.63, 3.8) is 0 Å². The molecule has 17 heavy (non-hydrogen) atoms. The van der Waals surface area contributed by atoms with Gasteiger partial charge in [-0.3, -0.25) is 0 Å². The van der Waals surface area contributed by atoms with Crippen LogP contribution in [0.2, 0.25) is 0 Å². The minimum absolute atomic E-state index is 0.281. The van der Waals surface area contributed by atoms with E-state index in [2.05, 4.69) is 17.3 Å². The highest BCUT2D eigenvalue weighted by Gasteiger charge is 2.19. The first-order valence-electron chi connectivity index (χ1n) is 5.94. The van der Waals surface area contributed by atoms with Gasteiger partial charge < -0.3 is 15.0 Å². The highest BCUT2D eigenvalue weighted by atomic mass is 19.1. The Kier molecular flexibility index (Phi) is 3.97. The number of nitrogens with zero attached hydrogens (tertiary/aromatic N) is 1. The minimum Gasteiger partial charge on any atom is -0.494 e. The summed E-state index contributed by atoms with van der Waals surface area (Å²) in [7, 11) is 3.60. The standard InChI is InChI=1S/C13H19FN2O/c1-16-6-5-15-9-11(16)7-10-3-4-13(17-2)12(14)8-10/h3-4,8,11,15H,5-7,9H2,1-2H3. The topological polar surface area (TPSA) is 24.5 Å². The van der Waals surface area contributed by atoms with Crippen molar-refractivity contribution in [1.82, 2.24) is 10.2 Å². The van der Waals surface area contributed by atoms with E-state index in [1.54, 1.807) is 12.1 Å². The highest BCUT2D eigenvalue weighted by Crippen LogP contribution is 2.19. The number of likely N-dealkylation sites (N-methyl/N-ethyl adjacent to an activating group) is 1. The first-order valence-corrected chi connectivity index (χ1v) is 5.94. The molecular formula is C13H19FN2O. The van der Waals surface area contributed by atoms with Gasteiger partial charge in [-0.25, -0.2) is 4.39 Å². The van der Waals surface area contributed by atoms with E-state index < -0.39 is 0 Å². The van der Waals surface area contributed by atoms with Crippen LogP contribution in [0.15, 0.2) is 18.2 Å². The van der Waals surface area contributed by atoms with E-state index in [0.717, 1.165) is 31.6 Å². The molecule has 1 aliphatic heterocycles. The largest absolute Gasteiger partial charge is 0.494 e. The van der Waals surface area contributed by atoms with Gasteiger partial charge in [0.05, 0.1) is 7.11 Å². The Labute approximate surface area is 102 Å². The lowest BCUT2D eigenvalue weighted by atomic mass is 10.0. The quantitative estimate of drug-likeness (QED) is 0.858. The zero-order valence-electron chi connectivity index (χ0n) is 10.4. The highest BCUT2D eigenvalue weighted by molar-refractivity contribution is 5.29. The Morgan fingerprint density at radius 2 is 2.35 bits per heavy atom. The van der Waals surface area contributed by atoms with Crippen LogP contribution in [-0.2, 0) is 6.42 Å². The van der Waals surface area contributed by atoms with Crippen LogP contribution in [0.25, 0.3) is 0 Å². The number of halogens is 1. The minimum atomic E-state index is -0.281. The average Bonchev–Trinajstić information content (AvgIpc) is 2.32. The molecular weight excluding hydrogens is 219 g/mol. The molecule has 1 fully saturated rings. The van der Waals surface area contributed by atoms with Crippen LogP contribution in [0.4, 0.5) is 4.39 Å². The normalized spacial score (nSPS) is 21.5. The van der Waals surface area contributed by atoms with Crippen LogP contribution in [0, 0.1) is 5.82 Å². The van der Waals surface area contributed by atoms with Gasteiger partial charge in [0.15, 0.2) is 11.6 Å².